The van der Waals surface area contributed by atoms with Crippen molar-refractivity contribution in [1.82, 2.24) is 10.2 Å². The maximum absolute atomic E-state index is 11.4. The second-order valence-electron chi connectivity index (χ2n) is 5.70. The summed E-state index contributed by atoms with van der Waals surface area (Å²) in [6.45, 7) is 5.85. The van der Waals surface area contributed by atoms with E-state index in [1.54, 1.807) is 0 Å². The highest BCUT2D eigenvalue weighted by Gasteiger charge is 2.28. The highest BCUT2D eigenvalue weighted by atomic mass is 16.5. The molecule has 1 aliphatic heterocycles. The molecule has 2 fully saturated rings. The first kappa shape index (κ1) is 14.8. The molecule has 5 heteroatoms. The summed E-state index contributed by atoms with van der Waals surface area (Å²) >= 11 is 0. The Hall–Kier alpha value is -0.650. The predicted octanol–water partition coefficient (Wildman–Crippen LogP) is 0.483. The number of nitrogens with one attached hydrogen (secondary N) is 1. The Morgan fingerprint density at radius 3 is 2.89 bits per heavy atom. The zero-order chi connectivity index (χ0) is 13.7. The number of rotatable bonds is 8. The van der Waals surface area contributed by atoms with Crippen molar-refractivity contribution in [1.29, 1.82) is 0 Å². The molecular formula is C14H27N3O2. The van der Waals surface area contributed by atoms with Gasteiger partial charge in [-0.2, -0.15) is 0 Å². The number of hydrogen-bond acceptors (Lipinski definition) is 4. The van der Waals surface area contributed by atoms with Gasteiger partial charge >= 0.3 is 0 Å². The summed E-state index contributed by atoms with van der Waals surface area (Å²) in [7, 11) is 0. The van der Waals surface area contributed by atoms with Crippen LogP contribution in [0.5, 0.6) is 0 Å². The molecule has 0 bridgehead atoms. The fourth-order valence-electron chi connectivity index (χ4n) is 2.74. The van der Waals surface area contributed by atoms with E-state index >= 15 is 0 Å². The van der Waals surface area contributed by atoms with Gasteiger partial charge < -0.3 is 20.7 Å². The van der Waals surface area contributed by atoms with Gasteiger partial charge in [0.1, 0.15) is 0 Å². The molecule has 2 aliphatic rings. The molecule has 0 spiro atoms. The lowest BCUT2D eigenvalue weighted by Gasteiger charge is -2.33. The van der Waals surface area contributed by atoms with Crippen molar-refractivity contribution >= 4 is 5.91 Å². The quantitative estimate of drug-likeness (QED) is 0.673. The second-order valence-corrected chi connectivity index (χ2v) is 5.70. The smallest absolute Gasteiger partial charge is 0.234 e. The van der Waals surface area contributed by atoms with Gasteiger partial charge in [0, 0.05) is 25.7 Å². The molecule has 0 aromatic heterocycles. The molecule has 0 aromatic rings. The van der Waals surface area contributed by atoms with Crippen LogP contribution in [-0.4, -0.2) is 55.2 Å². The standard InChI is InChI=1S/C14H27N3O2/c1-2-19-12-4-3-8-17(10-12)9-7-13(14(15)18)16-11-5-6-11/h11-13,16H,2-10H2,1H3,(H2,15,18). The van der Waals surface area contributed by atoms with Crippen LogP contribution < -0.4 is 11.1 Å². The Balaban J connectivity index is 1.71. The fraction of sp³-hybridized carbons (Fsp3) is 0.929. The Labute approximate surface area is 115 Å². The summed E-state index contributed by atoms with van der Waals surface area (Å²) in [4.78, 5) is 13.8. The van der Waals surface area contributed by atoms with Crippen molar-refractivity contribution in [3.63, 3.8) is 0 Å². The normalized spacial score (nSPS) is 26.3. The third kappa shape index (κ3) is 5.09. The Morgan fingerprint density at radius 1 is 1.47 bits per heavy atom. The number of nitrogens with zero attached hydrogens (tertiary/aromatic N) is 1. The van der Waals surface area contributed by atoms with Gasteiger partial charge in [-0.3, -0.25) is 4.79 Å². The topological polar surface area (TPSA) is 67.6 Å². The average Bonchev–Trinajstić information content (AvgIpc) is 3.19. The third-order valence-electron chi connectivity index (χ3n) is 3.96. The molecule has 1 aliphatic carbocycles. The number of likely N-dealkylation sites (tertiary alicyclic amines) is 1. The summed E-state index contributed by atoms with van der Waals surface area (Å²) < 4.78 is 5.69. The molecule has 3 N–H and O–H groups in total. The van der Waals surface area contributed by atoms with Crippen LogP contribution in [-0.2, 0) is 9.53 Å². The van der Waals surface area contributed by atoms with Crippen molar-refractivity contribution in [3.8, 4) is 0 Å². The van der Waals surface area contributed by atoms with E-state index in [1.807, 2.05) is 6.92 Å². The minimum absolute atomic E-state index is 0.167. The average molecular weight is 269 g/mol. The Kier molecular flexibility index (Phi) is 5.60. The summed E-state index contributed by atoms with van der Waals surface area (Å²) in [5, 5.41) is 3.33. The van der Waals surface area contributed by atoms with Gasteiger partial charge in [-0.1, -0.05) is 0 Å². The molecule has 1 amide bonds. The minimum atomic E-state index is -0.217. The Bertz CT molecular complexity index is 292. The molecule has 0 aromatic carbocycles. The molecule has 2 atom stereocenters. The zero-order valence-corrected chi connectivity index (χ0v) is 11.9. The van der Waals surface area contributed by atoms with E-state index in [-0.39, 0.29) is 11.9 Å². The first-order valence-electron chi connectivity index (χ1n) is 7.58. The molecule has 1 saturated carbocycles. The number of amides is 1. The maximum Gasteiger partial charge on any atom is 0.234 e. The van der Waals surface area contributed by atoms with Crippen molar-refractivity contribution < 1.29 is 9.53 Å². The zero-order valence-electron chi connectivity index (χ0n) is 11.9. The number of carbonyl (C=O) groups excluding carboxylic acids is 1. The number of ether oxygens (including phenoxy) is 1. The molecule has 19 heavy (non-hydrogen) atoms. The first-order valence-corrected chi connectivity index (χ1v) is 7.58. The van der Waals surface area contributed by atoms with Crippen LogP contribution in [0.25, 0.3) is 0 Å². The van der Waals surface area contributed by atoms with Crippen LogP contribution in [0.1, 0.15) is 39.0 Å². The predicted molar refractivity (Wildman–Crippen MR) is 74.8 cm³/mol. The van der Waals surface area contributed by atoms with Gasteiger partial charge in [0.15, 0.2) is 0 Å². The lowest BCUT2D eigenvalue weighted by Crippen LogP contribution is -2.46. The maximum atomic E-state index is 11.4. The summed E-state index contributed by atoms with van der Waals surface area (Å²) in [5.74, 6) is -0.217. The van der Waals surface area contributed by atoms with Crippen molar-refractivity contribution in [2.45, 2.75) is 57.2 Å². The van der Waals surface area contributed by atoms with E-state index in [4.69, 9.17) is 10.5 Å². The molecule has 5 nitrogen and oxygen atoms in total. The molecule has 0 radical (unpaired) electrons. The molecule has 2 rings (SSSR count). The number of piperidine rings is 1. The van der Waals surface area contributed by atoms with Gasteiger partial charge in [0.2, 0.25) is 5.91 Å². The number of primary amides is 1. The summed E-state index contributed by atoms with van der Waals surface area (Å²) in [5.41, 5.74) is 5.46. The van der Waals surface area contributed by atoms with Gasteiger partial charge in [0.05, 0.1) is 12.1 Å². The van der Waals surface area contributed by atoms with Crippen LogP contribution in [0.15, 0.2) is 0 Å². The number of carbonyl (C=O) groups is 1. The van der Waals surface area contributed by atoms with Crippen molar-refractivity contribution in [2.24, 2.45) is 5.73 Å². The van der Waals surface area contributed by atoms with E-state index in [0.29, 0.717) is 12.1 Å². The van der Waals surface area contributed by atoms with Gasteiger partial charge in [-0.05, 0) is 45.6 Å². The molecule has 110 valence electrons. The van der Waals surface area contributed by atoms with Crippen molar-refractivity contribution in [2.75, 3.05) is 26.2 Å². The molecule has 1 heterocycles. The van der Waals surface area contributed by atoms with E-state index in [2.05, 4.69) is 10.2 Å². The second kappa shape index (κ2) is 7.22. The van der Waals surface area contributed by atoms with Crippen LogP contribution in [0.3, 0.4) is 0 Å². The highest BCUT2D eigenvalue weighted by molar-refractivity contribution is 5.79. The van der Waals surface area contributed by atoms with Crippen LogP contribution >= 0.6 is 0 Å². The SMILES string of the molecule is CCOC1CCCN(CCC(NC2CC2)C(N)=O)C1. The largest absolute Gasteiger partial charge is 0.377 e. The van der Waals surface area contributed by atoms with Gasteiger partial charge in [-0.15, -0.1) is 0 Å². The number of hydrogen-bond donors (Lipinski definition) is 2. The summed E-state index contributed by atoms with van der Waals surface area (Å²) in [6.07, 6.45) is 5.87. The van der Waals surface area contributed by atoms with Crippen molar-refractivity contribution in [3.05, 3.63) is 0 Å². The molecular weight excluding hydrogens is 242 g/mol. The van der Waals surface area contributed by atoms with Crippen LogP contribution in [0.2, 0.25) is 0 Å². The minimum Gasteiger partial charge on any atom is -0.377 e. The Morgan fingerprint density at radius 2 is 2.26 bits per heavy atom. The van der Waals surface area contributed by atoms with E-state index in [0.717, 1.165) is 39.1 Å². The third-order valence-corrected chi connectivity index (χ3v) is 3.96. The van der Waals surface area contributed by atoms with E-state index < -0.39 is 0 Å². The lowest BCUT2D eigenvalue weighted by atomic mass is 10.1. The summed E-state index contributed by atoms with van der Waals surface area (Å²) in [6, 6.07) is 0.356. The lowest BCUT2D eigenvalue weighted by molar-refractivity contribution is -0.120. The highest BCUT2D eigenvalue weighted by Crippen LogP contribution is 2.20. The van der Waals surface area contributed by atoms with Crippen LogP contribution in [0.4, 0.5) is 0 Å². The van der Waals surface area contributed by atoms with E-state index in [1.165, 1.54) is 19.3 Å². The monoisotopic (exact) mass is 269 g/mol. The van der Waals surface area contributed by atoms with Crippen LogP contribution in [0, 0.1) is 0 Å². The number of nitrogens with two attached hydrogens (primary N) is 1. The van der Waals surface area contributed by atoms with Gasteiger partial charge in [0.25, 0.3) is 0 Å². The first-order chi connectivity index (χ1) is 9.19. The molecule has 2 unspecified atom stereocenters. The van der Waals surface area contributed by atoms with Gasteiger partial charge in [-0.25, -0.2) is 0 Å². The van der Waals surface area contributed by atoms with E-state index in [9.17, 15) is 4.79 Å². The fourth-order valence-corrected chi connectivity index (χ4v) is 2.74. The molecule has 1 saturated heterocycles.